The molecule has 2 aromatic rings. The molecule has 1 aromatic heterocycles. The van der Waals surface area contributed by atoms with E-state index in [0.717, 1.165) is 41.1 Å². The van der Waals surface area contributed by atoms with Crippen LogP contribution in [-0.2, 0) is 6.54 Å². The van der Waals surface area contributed by atoms with Crippen molar-refractivity contribution in [2.45, 2.75) is 20.4 Å². The van der Waals surface area contributed by atoms with Gasteiger partial charge in [-0.3, -0.25) is 9.69 Å². The summed E-state index contributed by atoms with van der Waals surface area (Å²) in [6.07, 6.45) is 0. The Balaban J connectivity index is 1.62. The van der Waals surface area contributed by atoms with Gasteiger partial charge in [0.15, 0.2) is 0 Å². The maximum absolute atomic E-state index is 12.7. The zero-order valence-electron chi connectivity index (χ0n) is 13.7. The van der Waals surface area contributed by atoms with Crippen LogP contribution in [0.25, 0.3) is 0 Å². The molecule has 5 nitrogen and oxygen atoms in total. The first-order valence-corrected chi connectivity index (χ1v) is 9.01. The van der Waals surface area contributed by atoms with Gasteiger partial charge >= 0.3 is 0 Å². The van der Waals surface area contributed by atoms with Crippen LogP contribution in [0.15, 0.2) is 27.2 Å². The Morgan fingerprint density at radius 1 is 1.29 bits per heavy atom. The van der Waals surface area contributed by atoms with Crippen LogP contribution in [0.4, 0.5) is 0 Å². The first-order chi connectivity index (χ1) is 11.5. The molecule has 0 saturated carbocycles. The van der Waals surface area contributed by atoms with E-state index in [1.807, 2.05) is 24.8 Å². The molecule has 24 heavy (non-hydrogen) atoms. The molecule has 0 N–H and O–H groups in total. The number of carbonyl (C=O) groups is 1. The van der Waals surface area contributed by atoms with Crippen molar-refractivity contribution in [1.82, 2.24) is 15.0 Å². The number of halogens is 2. The van der Waals surface area contributed by atoms with E-state index in [0.29, 0.717) is 23.7 Å². The molecule has 0 bridgehead atoms. The van der Waals surface area contributed by atoms with E-state index < -0.39 is 0 Å². The summed E-state index contributed by atoms with van der Waals surface area (Å²) in [6, 6.07) is 5.36. The zero-order valence-corrected chi connectivity index (χ0v) is 16.0. The number of hydrogen-bond donors (Lipinski definition) is 0. The van der Waals surface area contributed by atoms with Gasteiger partial charge in [0.05, 0.1) is 16.3 Å². The highest BCUT2D eigenvalue weighted by Crippen LogP contribution is 2.23. The lowest BCUT2D eigenvalue weighted by atomic mass is 10.1. The SMILES string of the molecule is Cc1noc(C)c1CN1CCN(C(=O)c2cc(Br)ccc2Cl)CC1. The highest BCUT2D eigenvalue weighted by atomic mass is 79.9. The summed E-state index contributed by atoms with van der Waals surface area (Å²) in [4.78, 5) is 16.9. The zero-order chi connectivity index (χ0) is 17.3. The van der Waals surface area contributed by atoms with Crippen LogP contribution in [0, 0.1) is 13.8 Å². The van der Waals surface area contributed by atoms with E-state index >= 15 is 0 Å². The largest absolute Gasteiger partial charge is 0.361 e. The van der Waals surface area contributed by atoms with E-state index in [4.69, 9.17) is 16.1 Å². The fraction of sp³-hybridized carbons (Fsp3) is 0.412. The third kappa shape index (κ3) is 3.66. The molecular formula is C17H19BrClN3O2. The Morgan fingerprint density at radius 3 is 2.62 bits per heavy atom. The van der Waals surface area contributed by atoms with Crippen LogP contribution < -0.4 is 0 Å². The van der Waals surface area contributed by atoms with Crippen LogP contribution in [0.5, 0.6) is 0 Å². The smallest absolute Gasteiger partial charge is 0.255 e. The Labute approximate surface area is 154 Å². The minimum absolute atomic E-state index is 0.0155. The van der Waals surface area contributed by atoms with E-state index in [-0.39, 0.29) is 5.91 Å². The van der Waals surface area contributed by atoms with Crippen molar-refractivity contribution in [2.75, 3.05) is 26.2 Å². The van der Waals surface area contributed by atoms with E-state index in [9.17, 15) is 4.79 Å². The van der Waals surface area contributed by atoms with Crippen molar-refractivity contribution in [3.05, 3.63) is 50.3 Å². The van der Waals surface area contributed by atoms with Crippen LogP contribution in [0.3, 0.4) is 0 Å². The molecule has 0 aliphatic carbocycles. The van der Waals surface area contributed by atoms with Gasteiger partial charge in [-0.2, -0.15) is 0 Å². The normalized spacial score (nSPS) is 15.8. The predicted octanol–water partition coefficient (Wildman–Crippen LogP) is 3.67. The van der Waals surface area contributed by atoms with Gasteiger partial charge in [0.25, 0.3) is 5.91 Å². The number of piperazine rings is 1. The molecule has 1 saturated heterocycles. The van der Waals surface area contributed by atoms with Crippen LogP contribution in [0.2, 0.25) is 5.02 Å². The molecule has 0 unspecified atom stereocenters. The Bertz CT molecular complexity index is 735. The van der Waals surface area contributed by atoms with Gasteiger partial charge in [0.1, 0.15) is 5.76 Å². The van der Waals surface area contributed by atoms with Crippen LogP contribution in [-0.4, -0.2) is 47.0 Å². The summed E-state index contributed by atoms with van der Waals surface area (Å²) in [7, 11) is 0. The average molecular weight is 413 g/mol. The van der Waals surface area contributed by atoms with Gasteiger partial charge in [-0.15, -0.1) is 0 Å². The second-order valence-electron chi connectivity index (χ2n) is 6.00. The van der Waals surface area contributed by atoms with Crippen molar-refractivity contribution < 1.29 is 9.32 Å². The monoisotopic (exact) mass is 411 g/mol. The van der Waals surface area contributed by atoms with Crippen molar-refractivity contribution >= 4 is 33.4 Å². The van der Waals surface area contributed by atoms with Crippen LogP contribution in [0.1, 0.15) is 27.4 Å². The molecule has 0 spiro atoms. The number of aryl methyl sites for hydroxylation is 2. The molecule has 1 aliphatic heterocycles. The number of rotatable bonds is 3. The molecule has 1 aliphatic rings. The fourth-order valence-corrected chi connectivity index (χ4v) is 3.45. The second-order valence-corrected chi connectivity index (χ2v) is 7.32. The third-order valence-electron chi connectivity index (χ3n) is 4.38. The maximum atomic E-state index is 12.7. The minimum Gasteiger partial charge on any atom is -0.361 e. The molecule has 3 rings (SSSR count). The van der Waals surface area contributed by atoms with Gasteiger partial charge in [-0.25, -0.2) is 0 Å². The van der Waals surface area contributed by atoms with Gasteiger partial charge in [0.2, 0.25) is 0 Å². The quantitative estimate of drug-likeness (QED) is 0.772. The number of amides is 1. The highest BCUT2D eigenvalue weighted by molar-refractivity contribution is 9.10. The Kier molecular flexibility index (Phi) is 5.27. The summed E-state index contributed by atoms with van der Waals surface area (Å²) in [5.74, 6) is 0.852. The number of aromatic nitrogens is 1. The number of hydrogen-bond acceptors (Lipinski definition) is 4. The van der Waals surface area contributed by atoms with Crippen molar-refractivity contribution in [1.29, 1.82) is 0 Å². The van der Waals surface area contributed by atoms with Gasteiger partial charge in [-0.05, 0) is 32.0 Å². The van der Waals surface area contributed by atoms with Gasteiger partial charge < -0.3 is 9.42 Å². The predicted molar refractivity (Wildman–Crippen MR) is 96.3 cm³/mol. The Hall–Kier alpha value is -1.37. The molecule has 0 radical (unpaired) electrons. The summed E-state index contributed by atoms with van der Waals surface area (Å²) in [6.45, 7) is 7.71. The lowest BCUT2D eigenvalue weighted by Crippen LogP contribution is -2.48. The highest BCUT2D eigenvalue weighted by Gasteiger charge is 2.25. The first kappa shape index (κ1) is 17.5. The number of carbonyl (C=O) groups excluding carboxylic acids is 1. The molecule has 2 heterocycles. The topological polar surface area (TPSA) is 49.6 Å². The number of nitrogens with zero attached hydrogens (tertiary/aromatic N) is 3. The molecule has 1 amide bonds. The minimum atomic E-state index is -0.0155. The maximum Gasteiger partial charge on any atom is 0.255 e. The van der Waals surface area contributed by atoms with Crippen LogP contribution >= 0.6 is 27.5 Å². The lowest BCUT2D eigenvalue weighted by Gasteiger charge is -2.34. The van der Waals surface area contributed by atoms with Gasteiger partial charge in [-0.1, -0.05) is 32.7 Å². The standard InChI is InChI=1S/C17H19BrClN3O2/c1-11-15(12(2)24-20-11)10-21-5-7-22(8-6-21)17(23)14-9-13(18)3-4-16(14)19/h3-4,9H,5-8,10H2,1-2H3. The van der Waals surface area contributed by atoms with Crippen molar-refractivity contribution in [2.24, 2.45) is 0 Å². The fourth-order valence-electron chi connectivity index (χ4n) is 2.89. The molecular weight excluding hydrogens is 394 g/mol. The van der Waals surface area contributed by atoms with Crippen molar-refractivity contribution in [3.8, 4) is 0 Å². The van der Waals surface area contributed by atoms with E-state index in [2.05, 4.69) is 26.0 Å². The number of benzene rings is 1. The summed E-state index contributed by atoms with van der Waals surface area (Å²) >= 11 is 9.57. The third-order valence-corrected chi connectivity index (χ3v) is 5.20. The molecule has 1 aromatic carbocycles. The van der Waals surface area contributed by atoms with E-state index in [1.165, 1.54) is 0 Å². The molecule has 1 fully saturated rings. The summed E-state index contributed by atoms with van der Waals surface area (Å²) < 4.78 is 6.07. The van der Waals surface area contributed by atoms with E-state index in [1.54, 1.807) is 12.1 Å². The first-order valence-electron chi connectivity index (χ1n) is 7.84. The molecule has 7 heteroatoms. The van der Waals surface area contributed by atoms with Gasteiger partial charge in [0, 0.05) is 42.8 Å². The second kappa shape index (κ2) is 7.25. The molecule has 0 atom stereocenters. The lowest BCUT2D eigenvalue weighted by molar-refractivity contribution is 0.0627. The summed E-state index contributed by atoms with van der Waals surface area (Å²) in [5, 5.41) is 4.48. The van der Waals surface area contributed by atoms with Crippen molar-refractivity contribution in [3.63, 3.8) is 0 Å². The summed E-state index contributed by atoms with van der Waals surface area (Å²) in [5.41, 5.74) is 2.63. The molecule has 128 valence electrons. The Morgan fingerprint density at radius 2 is 2.00 bits per heavy atom. The average Bonchev–Trinajstić information content (AvgIpc) is 2.89.